The van der Waals surface area contributed by atoms with Gasteiger partial charge in [-0.1, -0.05) is 0 Å². The number of pyridine rings is 1. The molecule has 1 aromatic heterocycles. The largest absolute Gasteiger partial charge is 0.435 e. The molecule has 1 aliphatic heterocycles. The van der Waals surface area contributed by atoms with Crippen LogP contribution in [-0.4, -0.2) is 42.8 Å². The molecule has 2 aromatic rings. The summed E-state index contributed by atoms with van der Waals surface area (Å²) in [7, 11) is 0. The minimum absolute atomic E-state index is 0.125. The summed E-state index contributed by atoms with van der Waals surface area (Å²) in [5.74, 6) is 0.125. The van der Waals surface area contributed by atoms with Gasteiger partial charge in [0.15, 0.2) is 17.5 Å². The molecule has 0 radical (unpaired) electrons. The molecule has 1 saturated heterocycles. The Bertz CT molecular complexity index is 692. The lowest BCUT2D eigenvalue weighted by Gasteiger charge is -2.37. The number of alkyl halides is 2. The van der Waals surface area contributed by atoms with Crippen LogP contribution in [-0.2, 0) is 0 Å². The van der Waals surface area contributed by atoms with Crippen molar-refractivity contribution in [1.29, 1.82) is 0 Å². The van der Waals surface area contributed by atoms with E-state index in [1.165, 1.54) is 17.8 Å². The van der Waals surface area contributed by atoms with Crippen LogP contribution in [0.2, 0.25) is 0 Å². The minimum Gasteiger partial charge on any atom is -0.435 e. The number of benzene rings is 1. The van der Waals surface area contributed by atoms with Gasteiger partial charge in [0.25, 0.3) is 0 Å². The number of hydrogen-bond donors (Lipinski definition) is 1. The number of aromatic amines is 1. The van der Waals surface area contributed by atoms with E-state index in [1.807, 2.05) is 12.4 Å². The monoisotopic (exact) mass is 365 g/mol. The smallest absolute Gasteiger partial charge is 0.387 e. The van der Waals surface area contributed by atoms with Gasteiger partial charge >= 0.3 is 6.61 Å². The van der Waals surface area contributed by atoms with E-state index in [9.17, 15) is 8.78 Å². The van der Waals surface area contributed by atoms with Crippen molar-refractivity contribution >= 4 is 28.7 Å². The van der Waals surface area contributed by atoms with Crippen LogP contribution in [0.3, 0.4) is 0 Å². The predicted molar refractivity (Wildman–Crippen MR) is 96.1 cm³/mol. The molecule has 3 rings (SSSR count). The summed E-state index contributed by atoms with van der Waals surface area (Å²) in [5, 5.41) is 3.77. The van der Waals surface area contributed by atoms with Gasteiger partial charge in [-0.15, -0.1) is 0 Å². The van der Waals surface area contributed by atoms with Gasteiger partial charge in [0.1, 0.15) is 5.75 Å². The van der Waals surface area contributed by atoms with Crippen molar-refractivity contribution in [2.45, 2.75) is 6.61 Å². The molecule has 0 atom stereocenters. The van der Waals surface area contributed by atoms with Crippen molar-refractivity contribution in [3.8, 4) is 5.75 Å². The van der Waals surface area contributed by atoms with E-state index in [2.05, 4.69) is 37.0 Å². The summed E-state index contributed by atoms with van der Waals surface area (Å²) < 4.78 is 28.6. The van der Waals surface area contributed by atoms with Gasteiger partial charge in [0.05, 0.1) is 0 Å². The fraction of sp³-hybridized carbons (Fsp3) is 0.294. The summed E-state index contributed by atoms with van der Waals surface area (Å²) >= 11 is 5.45. The molecule has 1 fully saturated rings. The van der Waals surface area contributed by atoms with Crippen molar-refractivity contribution in [1.82, 2.24) is 4.90 Å². The van der Waals surface area contributed by atoms with Gasteiger partial charge in [0.2, 0.25) is 0 Å². The fourth-order valence-electron chi connectivity index (χ4n) is 2.68. The minimum atomic E-state index is -2.82. The molecule has 2 heterocycles. The molecule has 132 valence electrons. The SMILES string of the molecule is FC(F)Oc1ccc(NC(=S)N2CCN(c3cc[nH+]cc3)CC2)cc1. The van der Waals surface area contributed by atoms with Gasteiger partial charge in [-0.25, -0.2) is 4.98 Å². The second kappa shape index (κ2) is 8.06. The Kier molecular flexibility index (Phi) is 5.60. The van der Waals surface area contributed by atoms with Crippen LogP contribution in [0.4, 0.5) is 20.2 Å². The van der Waals surface area contributed by atoms with Crippen LogP contribution < -0.4 is 19.9 Å². The number of nitrogens with one attached hydrogen (secondary N) is 2. The van der Waals surface area contributed by atoms with Crippen molar-refractivity contribution in [2.75, 3.05) is 36.4 Å². The molecular weight excluding hydrogens is 346 g/mol. The average molecular weight is 365 g/mol. The third-order valence-electron chi connectivity index (χ3n) is 3.96. The molecule has 0 amide bonds. The van der Waals surface area contributed by atoms with Gasteiger partial charge in [-0.3, -0.25) is 0 Å². The zero-order valence-corrected chi connectivity index (χ0v) is 14.3. The first-order valence-electron chi connectivity index (χ1n) is 7.94. The molecule has 1 aromatic carbocycles. The summed E-state index contributed by atoms with van der Waals surface area (Å²) in [5.41, 5.74) is 1.93. The highest BCUT2D eigenvalue weighted by atomic mass is 32.1. The number of piperazine rings is 1. The Balaban J connectivity index is 1.51. The van der Waals surface area contributed by atoms with Crippen LogP contribution in [0.5, 0.6) is 5.75 Å². The molecule has 0 unspecified atom stereocenters. The van der Waals surface area contributed by atoms with Gasteiger partial charge in [-0.05, 0) is 36.5 Å². The number of nitrogens with zero attached hydrogens (tertiary/aromatic N) is 2. The third kappa shape index (κ3) is 4.76. The molecular formula is C17H19F2N4OS+. The van der Waals surface area contributed by atoms with E-state index >= 15 is 0 Å². The molecule has 0 spiro atoms. The van der Waals surface area contributed by atoms with E-state index in [4.69, 9.17) is 12.2 Å². The van der Waals surface area contributed by atoms with Gasteiger partial charge in [0, 0.05) is 49.7 Å². The van der Waals surface area contributed by atoms with E-state index in [0.717, 1.165) is 31.9 Å². The number of H-pyrrole nitrogens is 1. The van der Waals surface area contributed by atoms with E-state index in [0.29, 0.717) is 5.11 Å². The number of halogens is 2. The normalized spacial score (nSPS) is 14.5. The quantitative estimate of drug-likeness (QED) is 0.844. The summed E-state index contributed by atoms with van der Waals surface area (Å²) in [6.07, 6.45) is 3.82. The highest BCUT2D eigenvalue weighted by molar-refractivity contribution is 7.80. The number of anilines is 2. The number of rotatable bonds is 4. The number of hydrogen-bond acceptors (Lipinski definition) is 3. The Morgan fingerprint density at radius 2 is 1.68 bits per heavy atom. The lowest BCUT2D eigenvalue weighted by Crippen LogP contribution is -2.50. The standard InChI is InChI=1S/C17H18F2N4OS/c18-16(19)24-15-3-1-13(2-4-15)21-17(25)23-11-9-22(10-12-23)14-5-7-20-8-6-14/h1-8,16H,9-12H2,(H,21,25)/p+1. The maximum Gasteiger partial charge on any atom is 0.387 e. The third-order valence-corrected chi connectivity index (χ3v) is 4.32. The predicted octanol–water partition coefficient (Wildman–Crippen LogP) is 2.62. The molecule has 5 nitrogen and oxygen atoms in total. The first-order valence-corrected chi connectivity index (χ1v) is 8.34. The first-order chi connectivity index (χ1) is 12.1. The van der Waals surface area contributed by atoms with Gasteiger partial charge < -0.3 is 19.9 Å². The Hall–Kier alpha value is -2.48. The highest BCUT2D eigenvalue weighted by Gasteiger charge is 2.19. The molecule has 1 aliphatic rings. The van der Waals surface area contributed by atoms with E-state index < -0.39 is 6.61 Å². The Labute approximate surface area is 150 Å². The maximum atomic E-state index is 12.2. The number of ether oxygens (including phenoxy) is 1. The lowest BCUT2D eigenvalue weighted by molar-refractivity contribution is -0.377. The Morgan fingerprint density at radius 3 is 2.28 bits per heavy atom. The number of aromatic nitrogens is 1. The summed E-state index contributed by atoms with van der Waals surface area (Å²) in [4.78, 5) is 7.43. The van der Waals surface area contributed by atoms with E-state index in [1.54, 1.807) is 12.1 Å². The maximum absolute atomic E-state index is 12.2. The lowest BCUT2D eigenvalue weighted by atomic mass is 10.2. The molecule has 25 heavy (non-hydrogen) atoms. The topological polar surface area (TPSA) is 41.9 Å². The Morgan fingerprint density at radius 1 is 1.04 bits per heavy atom. The van der Waals surface area contributed by atoms with Crippen LogP contribution in [0.1, 0.15) is 0 Å². The number of thiocarbonyl (C=S) groups is 1. The molecule has 0 aliphatic carbocycles. The molecule has 0 bridgehead atoms. The average Bonchev–Trinajstić information content (AvgIpc) is 2.64. The highest BCUT2D eigenvalue weighted by Crippen LogP contribution is 2.19. The molecule has 0 saturated carbocycles. The zero-order chi connectivity index (χ0) is 17.6. The van der Waals surface area contributed by atoms with Crippen LogP contribution >= 0.6 is 12.2 Å². The van der Waals surface area contributed by atoms with Crippen molar-refractivity contribution in [3.05, 3.63) is 48.8 Å². The fourth-order valence-corrected chi connectivity index (χ4v) is 2.98. The molecule has 2 N–H and O–H groups in total. The summed E-state index contributed by atoms with van der Waals surface area (Å²) in [6.45, 7) is 0.576. The summed E-state index contributed by atoms with van der Waals surface area (Å²) in [6, 6.07) is 10.4. The van der Waals surface area contributed by atoms with Crippen LogP contribution in [0.25, 0.3) is 0 Å². The van der Waals surface area contributed by atoms with Crippen molar-refractivity contribution in [2.24, 2.45) is 0 Å². The zero-order valence-electron chi connectivity index (χ0n) is 13.5. The van der Waals surface area contributed by atoms with Crippen molar-refractivity contribution in [3.63, 3.8) is 0 Å². The second-order valence-corrected chi connectivity index (χ2v) is 5.95. The van der Waals surface area contributed by atoms with E-state index in [-0.39, 0.29) is 5.75 Å². The second-order valence-electron chi connectivity index (χ2n) is 5.57. The van der Waals surface area contributed by atoms with Gasteiger partial charge in [-0.2, -0.15) is 8.78 Å². The van der Waals surface area contributed by atoms with Crippen LogP contribution in [0, 0.1) is 0 Å². The molecule has 8 heteroatoms. The van der Waals surface area contributed by atoms with Crippen LogP contribution in [0.15, 0.2) is 48.8 Å². The first kappa shape index (κ1) is 17.3. The van der Waals surface area contributed by atoms with Crippen molar-refractivity contribution < 1.29 is 18.5 Å².